The highest BCUT2D eigenvalue weighted by Gasteiger charge is 2.13. The summed E-state index contributed by atoms with van der Waals surface area (Å²) in [6.07, 6.45) is 1.90. The molecule has 2 aromatic heterocycles. The fraction of sp³-hybridized carbons (Fsp3) is 0.222. The van der Waals surface area contributed by atoms with Crippen LogP contribution in [0.5, 0.6) is 0 Å². The van der Waals surface area contributed by atoms with Crippen LogP contribution in [-0.4, -0.2) is 9.38 Å². The molecule has 3 heteroatoms. The Morgan fingerprint density at radius 2 is 1.86 bits per heavy atom. The third-order valence-corrected chi connectivity index (χ3v) is 3.74. The van der Waals surface area contributed by atoms with Crippen molar-refractivity contribution in [3.63, 3.8) is 0 Å². The van der Waals surface area contributed by atoms with Gasteiger partial charge in [-0.1, -0.05) is 38.1 Å². The predicted octanol–water partition coefficient (Wildman–Crippen LogP) is 4.30. The van der Waals surface area contributed by atoms with Crippen LogP contribution in [0.1, 0.15) is 36.6 Å². The molecule has 0 fully saturated rings. The Balaban J connectivity index is 2.18. The van der Waals surface area contributed by atoms with Crippen LogP contribution in [-0.2, 0) is 0 Å². The molecule has 3 nitrogen and oxygen atoms in total. The van der Waals surface area contributed by atoms with E-state index in [1.54, 1.807) is 0 Å². The highest BCUT2D eigenvalue weighted by Crippen LogP contribution is 2.26. The van der Waals surface area contributed by atoms with Gasteiger partial charge in [-0.2, -0.15) is 5.26 Å². The minimum absolute atomic E-state index is 0.498. The van der Waals surface area contributed by atoms with Crippen molar-refractivity contribution < 1.29 is 0 Å². The van der Waals surface area contributed by atoms with Crippen LogP contribution in [0.15, 0.2) is 42.6 Å². The molecule has 2 heterocycles. The second kappa shape index (κ2) is 5.06. The van der Waals surface area contributed by atoms with Crippen LogP contribution in [0.4, 0.5) is 0 Å². The molecule has 21 heavy (non-hydrogen) atoms. The first-order valence-electron chi connectivity index (χ1n) is 7.09. The largest absolute Gasteiger partial charge is 0.291 e. The van der Waals surface area contributed by atoms with E-state index in [0.29, 0.717) is 11.6 Å². The highest BCUT2D eigenvalue weighted by atomic mass is 15.0. The summed E-state index contributed by atoms with van der Waals surface area (Å²) in [6.45, 7) is 6.37. The number of nitriles is 1. The molecule has 0 saturated carbocycles. The molecule has 0 amide bonds. The quantitative estimate of drug-likeness (QED) is 0.699. The zero-order valence-corrected chi connectivity index (χ0v) is 12.5. The van der Waals surface area contributed by atoms with E-state index >= 15 is 0 Å². The SMILES string of the molecule is Cc1ccn2c(C#N)c(-c3ccc(C(C)C)cc3)nc2c1. The maximum Gasteiger partial charge on any atom is 0.152 e. The Labute approximate surface area is 124 Å². The summed E-state index contributed by atoms with van der Waals surface area (Å²) >= 11 is 0. The molecule has 0 saturated heterocycles. The number of nitrogens with zero attached hydrogens (tertiary/aromatic N) is 3. The summed E-state index contributed by atoms with van der Waals surface area (Å²) in [6, 6.07) is 14.6. The monoisotopic (exact) mass is 275 g/mol. The summed E-state index contributed by atoms with van der Waals surface area (Å²) in [7, 11) is 0. The number of hydrogen-bond acceptors (Lipinski definition) is 2. The molecule has 0 bridgehead atoms. The van der Waals surface area contributed by atoms with Crippen molar-refractivity contribution in [1.82, 2.24) is 9.38 Å². The molecular formula is C18H17N3. The maximum atomic E-state index is 9.47. The number of pyridine rings is 1. The van der Waals surface area contributed by atoms with Crippen LogP contribution in [0.3, 0.4) is 0 Å². The first kappa shape index (κ1) is 13.4. The Kier molecular flexibility index (Phi) is 3.23. The van der Waals surface area contributed by atoms with E-state index in [0.717, 1.165) is 22.5 Å². The number of imidazole rings is 1. The summed E-state index contributed by atoms with van der Waals surface area (Å²) in [5.74, 6) is 0.498. The molecule has 1 aromatic carbocycles. The van der Waals surface area contributed by atoms with Crippen molar-refractivity contribution in [3.8, 4) is 17.3 Å². The van der Waals surface area contributed by atoms with Gasteiger partial charge in [0.25, 0.3) is 0 Å². The van der Waals surface area contributed by atoms with Crippen molar-refractivity contribution in [2.75, 3.05) is 0 Å². The van der Waals surface area contributed by atoms with Gasteiger partial charge in [0.1, 0.15) is 17.4 Å². The lowest BCUT2D eigenvalue weighted by molar-refractivity contribution is 0.867. The Morgan fingerprint density at radius 3 is 2.48 bits per heavy atom. The number of fused-ring (bicyclic) bond motifs is 1. The van der Waals surface area contributed by atoms with Gasteiger partial charge in [-0.3, -0.25) is 4.40 Å². The van der Waals surface area contributed by atoms with Gasteiger partial charge in [0, 0.05) is 11.8 Å². The molecule has 0 radical (unpaired) electrons. The van der Waals surface area contributed by atoms with Crippen LogP contribution in [0.2, 0.25) is 0 Å². The van der Waals surface area contributed by atoms with E-state index in [-0.39, 0.29) is 0 Å². The molecular weight excluding hydrogens is 258 g/mol. The van der Waals surface area contributed by atoms with Crippen molar-refractivity contribution in [3.05, 3.63) is 59.4 Å². The van der Waals surface area contributed by atoms with E-state index < -0.39 is 0 Å². The molecule has 0 aliphatic heterocycles. The topological polar surface area (TPSA) is 41.1 Å². The third-order valence-electron chi connectivity index (χ3n) is 3.74. The molecule has 104 valence electrons. The number of rotatable bonds is 2. The van der Waals surface area contributed by atoms with Crippen molar-refractivity contribution in [2.45, 2.75) is 26.7 Å². The lowest BCUT2D eigenvalue weighted by atomic mass is 10.0. The summed E-state index contributed by atoms with van der Waals surface area (Å²) in [4.78, 5) is 4.63. The molecule has 0 unspecified atom stereocenters. The van der Waals surface area contributed by atoms with E-state index in [9.17, 15) is 5.26 Å². The Bertz CT molecular complexity index is 833. The van der Waals surface area contributed by atoms with Crippen LogP contribution in [0.25, 0.3) is 16.9 Å². The lowest BCUT2D eigenvalue weighted by Gasteiger charge is -2.05. The first-order valence-corrected chi connectivity index (χ1v) is 7.09. The van der Waals surface area contributed by atoms with Gasteiger partial charge in [-0.25, -0.2) is 4.98 Å². The smallest absolute Gasteiger partial charge is 0.152 e. The molecule has 0 aliphatic rings. The molecule has 0 atom stereocenters. The lowest BCUT2D eigenvalue weighted by Crippen LogP contribution is -1.90. The van der Waals surface area contributed by atoms with Gasteiger partial charge in [-0.05, 0) is 36.1 Å². The second-order valence-corrected chi connectivity index (χ2v) is 5.63. The zero-order valence-electron chi connectivity index (χ0n) is 12.5. The number of benzene rings is 1. The molecule has 0 spiro atoms. The van der Waals surface area contributed by atoms with E-state index in [4.69, 9.17) is 0 Å². The minimum atomic E-state index is 0.498. The van der Waals surface area contributed by atoms with Crippen molar-refractivity contribution >= 4 is 5.65 Å². The van der Waals surface area contributed by atoms with Gasteiger partial charge in [0.15, 0.2) is 5.69 Å². The van der Waals surface area contributed by atoms with E-state index in [2.05, 4.69) is 37.0 Å². The summed E-state index contributed by atoms with van der Waals surface area (Å²) in [5.41, 5.74) is 5.56. The van der Waals surface area contributed by atoms with Gasteiger partial charge >= 0.3 is 0 Å². The predicted molar refractivity (Wildman–Crippen MR) is 84.2 cm³/mol. The van der Waals surface area contributed by atoms with Crippen molar-refractivity contribution in [2.24, 2.45) is 0 Å². The second-order valence-electron chi connectivity index (χ2n) is 5.63. The molecule has 3 aromatic rings. The molecule has 0 N–H and O–H groups in total. The standard InChI is InChI=1S/C18H17N3/c1-12(2)14-4-6-15(7-5-14)18-16(11-19)21-9-8-13(3)10-17(21)20-18/h4-10,12H,1-3H3. The Morgan fingerprint density at radius 1 is 1.14 bits per heavy atom. The summed E-state index contributed by atoms with van der Waals surface area (Å²) < 4.78 is 1.85. The zero-order chi connectivity index (χ0) is 15.0. The van der Waals surface area contributed by atoms with E-state index in [1.807, 2.05) is 41.8 Å². The van der Waals surface area contributed by atoms with Gasteiger partial charge < -0.3 is 0 Å². The first-order chi connectivity index (χ1) is 10.1. The van der Waals surface area contributed by atoms with Crippen LogP contribution >= 0.6 is 0 Å². The molecule has 3 rings (SSSR count). The minimum Gasteiger partial charge on any atom is -0.291 e. The van der Waals surface area contributed by atoms with Gasteiger partial charge in [0.2, 0.25) is 0 Å². The van der Waals surface area contributed by atoms with Gasteiger partial charge in [-0.15, -0.1) is 0 Å². The highest BCUT2D eigenvalue weighted by molar-refractivity contribution is 5.70. The van der Waals surface area contributed by atoms with Crippen LogP contribution < -0.4 is 0 Å². The average Bonchev–Trinajstić information content (AvgIpc) is 2.84. The van der Waals surface area contributed by atoms with E-state index in [1.165, 1.54) is 5.56 Å². The average molecular weight is 275 g/mol. The van der Waals surface area contributed by atoms with Gasteiger partial charge in [0.05, 0.1) is 0 Å². The normalized spacial score (nSPS) is 11.0. The summed E-state index contributed by atoms with van der Waals surface area (Å²) in [5, 5.41) is 9.47. The Hall–Kier alpha value is -2.60. The number of aryl methyl sites for hydroxylation is 1. The van der Waals surface area contributed by atoms with Crippen LogP contribution in [0, 0.1) is 18.3 Å². The number of aromatic nitrogens is 2. The third kappa shape index (κ3) is 2.30. The molecule has 0 aliphatic carbocycles. The number of hydrogen-bond donors (Lipinski definition) is 0. The van der Waals surface area contributed by atoms with Crippen molar-refractivity contribution in [1.29, 1.82) is 5.26 Å². The fourth-order valence-corrected chi connectivity index (χ4v) is 2.48. The fourth-order valence-electron chi connectivity index (χ4n) is 2.48. The maximum absolute atomic E-state index is 9.47.